The van der Waals surface area contributed by atoms with Crippen molar-refractivity contribution in [3.8, 4) is 0 Å². The largest absolute Gasteiger partial charge is 0.443 e. The minimum absolute atomic E-state index is 0.125. The highest BCUT2D eigenvalue weighted by Crippen LogP contribution is 2.41. The van der Waals surface area contributed by atoms with Crippen LogP contribution < -0.4 is 5.32 Å². The lowest BCUT2D eigenvalue weighted by atomic mass is 9.96. The molecule has 1 N–H and O–H groups in total. The van der Waals surface area contributed by atoms with Gasteiger partial charge in [-0.15, -0.1) is 5.10 Å². The van der Waals surface area contributed by atoms with Gasteiger partial charge in [0.25, 0.3) is 0 Å². The Morgan fingerprint density at radius 1 is 1.18 bits per heavy atom. The summed E-state index contributed by atoms with van der Waals surface area (Å²) in [7, 11) is 3.23. The van der Waals surface area contributed by atoms with E-state index in [1.54, 1.807) is 14.1 Å². The first-order valence-corrected chi connectivity index (χ1v) is 11.1. The Bertz CT molecular complexity index is 1050. The monoisotopic (exact) mass is 454 g/mol. The molecule has 0 radical (unpaired) electrons. The maximum Gasteiger partial charge on any atom is 0.343 e. The van der Waals surface area contributed by atoms with E-state index in [4.69, 9.17) is 4.74 Å². The molecule has 1 unspecified atom stereocenters. The van der Waals surface area contributed by atoms with Crippen molar-refractivity contribution in [3.05, 3.63) is 83.4 Å². The summed E-state index contributed by atoms with van der Waals surface area (Å²) in [6.07, 6.45) is 7.41. The summed E-state index contributed by atoms with van der Waals surface area (Å²) in [6.45, 7) is 0.720. The van der Waals surface area contributed by atoms with E-state index in [2.05, 4.69) is 22.6 Å². The minimum atomic E-state index is -1.29. The molecule has 2 aliphatic rings. The standard InChI is InChI=1S/C25H28F2N4O2/c1-30(2)24(32)31-25(18-9-4-3-5-10-18,15-8-16-28-20-11-6-7-12-20)33-23(29-31)21-17-19(26)13-14-22(21)27/h3-7,9-10,13-14,17,20,28H,8,11-12,15-16H2,1-2H3. The normalized spacial score (nSPS) is 20.1. The van der Waals surface area contributed by atoms with Gasteiger partial charge in [0.2, 0.25) is 11.6 Å². The molecule has 0 bridgehead atoms. The van der Waals surface area contributed by atoms with Gasteiger partial charge in [0.05, 0.1) is 5.56 Å². The summed E-state index contributed by atoms with van der Waals surface area (Å²) in [5.74, 6) is -1.42. The highest BCUT2D eigenvalue weighted by molar-refractivity contribution is 5.97. The zero-order chi connectivity index (χ0) is 23.4. The lowest BCUT2D eigenvalue weighted by Crippen LogP contribution is -2.49. The second-order valence-corrected chi connectivity index (χ2v) is 8.47. The molecule has 0 aromatic heterocycles. The first kappa shape index (κ1) is 22.9. The van der Waals surface area contributed by atoms with Crippen molar-refractivity contribution < 1.29 is 18.3 Å². The third kappa shape index (κ3) is 4.75. The number of urea groups is 1. The number of hydrogen-bond acceptors (Lipinski definition) is 4. The van der Waals surface area contributed by atoms with Gasteiger partial charge in [0, 0.05) is 32.1 Å². The number of nitrogens with zero attached hydrogens (tertiary/aromatic N) is 3. The van der Waals surface area contributed by atoms with Crippen LogP contribution in [0, 0.1) is 11.6 Å². The molecule has 6 nitrogen and oxygen atoms in total. The maximum atomic E-state index is 14.6. The fourth-order valence-electron chi connectivity index (χ4n) is 4.15. The van der Waals surface area contributed by atoms with Gasteiger partial charge in [0.1, 0.15) is 11.6 Å². The average Bonchev–Trinajstić information content (AvgIpc) is 3.47. The predicted octanol–water partition coefficient (Wildman–Crippen LogP) is 4.58. The SMILES string of the molecule is CN(C)C(=O)N1N=C(c2cc(F)ccc2F)OC1(CCCNC1CC=CC1)c1ccccc1. The number of amides is 2. The summed E-state index contributed by atoms with van der Waals surface area (Å²) in [6, 6.07) is 12.4. The van der Waals surface area contributed by atoms with Crippen molar-refractivity contribution in [1.82, 2.24) is 15.2 Å². The van der Waals surface area contributed by atoms with Crippen LogP contribution in [0.4, 0.5) is 13.6 Å². The van der Waals surface area contributed by atoms with Crippen LogP contribution >= 0.6 is 0 Å². The van der Waals surface area contributed by atoms with Crippen LogP contribution in [-0.4, -0.2) is 48.5 Å². The average molecular weight is 455 g/mol. The van der Waals surface area contributed by atoms with Gasteiger partial charge in [-0.3, -0.25) is 0 Å². The van der Waals surface area contributed by atoms with Gasteiger partial charge >= 0.3 is 6.03 Å². The summed E-state index contributed by atoms with van der Waals surface area (Å²) in [5.41, 5.74) is -0.704. The van der Waals surface area contributed by atoms with E-state index in [9.17, 15) is 13.6 Å². The van der Waals surface area contributed by atoms with E-state index in [1.165, 1.54) is 9.91 Å². The van der Waals surface area contributed by atoms with Gasteiger partial charge in [-0.1, -0.05) is 42.5 Å². The predicted molar refractivity (Wildman–Crippen MR) is 122 cm³/mol. The minimum Gasteiger partial charge on any atom is -0.443 e. The molecule has 33 heavy (non-hydrogen) atoms. The van der Waals surface area contributed by atoms with E-state index in [0.717, 1.165) is 37.6 Å². The molecule has 2 aromatic carbocycles. The second kappa shape index (κ2) is 9.70. The number of carbonyl (C=O) groups excluding carboxylic acids is 1. The summed E-state index contributed by atoms with van der Waals surface area (Å²) in [4.78, 5) is 14.6. The van der Waals surface area contributed by atoms with Gasteiger partial charge in [-0.25, -0.2) is 13.6 Å². The van der Waals surface area contributed by atoms with Crippen molar-refractivity contribution >= 4 is 11.9 Å². The molecule has 2 amide bonds. The Hall–Kier alpha value is -3.26. The van der Waals surface area contributed by atoms with Crippen LogP contribution in [0.25, 0.3) is 0 Å². The number of hydrogen-bond donors (Lipinski definition) is 1. The Morgan fingerprint density at radius 3 is 2.61 bits per heavy atom. The molecule has 1 atom stereocenters. The zero-order valence-corrected chi connectivity index (χ0v) is 18.8. The summed E-state index contributed by atoms with van der Waals surface area (Å²) in [5, 5.41) is 9.14. The van der Waals surface area contributed by atoms with Crippen molar-refractivity contribution in [1.29, 1.82) is 0 Å². The number of nitrogens with one attached hydrogen (secondary N) is 1. The molecule has 2 aromatic rings. The number of rotatable bonds is 7. The van der Waals surface area contributed by atoms with Crippen molar-refractivity contribution in [2.45, 2.75) is 37.5 Å². The van der Waals surface area contributed by atoms with Gasteiger partial charge in [0.15, 0.2) is 0 Å². The highest BCUT2D eigenvalue weighted by Gasteiger charge is 2.50. The van der Waals surface area contributed by atoms with Crippen LogP contribution in [0.3, 0.4) is 0 Å². The van der Waals surface area contributed by atoms with Gasteiger partial charge < -0.3 is 15.0 Å². The fraction of sp³-hybridized carbons (Fsp3) is 0.360. The van der Waals surface area contributed by atoms with Crippen LogP contribution in [-0.2, 0) is 10.5 Å². The second-order valence-electron chi connectivity index (χ2n) is 8.47. The first-order valence-electron chi connectivity index (χ1n) is 11.1. The third-order valence-electron chi connectivity index (χ3n) is 5.88. The molecule has 1 heterocycles. The van der Waals surface area contributed by atoms with E-state index in [0.29, 0.717) is 24.4 Å². The van der Waals surface area contributed by atoms with E-state index >= 15 is 0 Å². The van der Waals surface area contributed by atoms with Crippen LogP contribution in [0.5, 0.6) is 0 Å². The van der Waals surface area contributed by atoms with Crippen LogP contribution in [0.2, 0.25) is 0 Å². The Kier molecular flexibility index (Phi) is 6.74. The lowest BCUT2D eigenvalue weighted by Gasteiger charge is -2.36. The molecule has 4 rings (SSSR count). The number of carbonyl (C=O) groups is 1. The molecule has 174 valence electrons. The van der Waals surface area contributed by atoms with Crippen molar-refractivity contribution in [3.63, 3.8) is 0 Å². The Morgan fingerprint density at radius 2 is 1.91 bits per heavy atom. The smallest absolute Gasteiger partial charge is 0.343 e. The van der Waals surface area contributed by atoms with Crippen LogP contribution in [0.15, 0.2) is 65.8 Å². The first-order chi connectivity index (χ1) is 15.9. The van der Waals surface area contributed by atoms with Gasteiger partial charge in [-0.2, -0.15) is 5.01 Å². The van der Waals surface area contributed by atoms with E-state index < -0.39 is 23.4 Å². The molecule has 8 heteroatoms. The molecule has 0 saturated carbocycles. The van der Waals surface area contributed by atoms with Gasteiger partial charge in [-0.05, 0) is 44.0 Å². The Labute approximate surface area is 192 Å². The highest BCUT2D eigenvalue weighted by atomic mass is 19.1. The number of benzene rings is 2. The molecule has 1 aliphatic heterocycles. The molecule has 0 saturated heterocycles. The number of ether oxygens (including phenoxy) is 1. The molecule has 0 fully saturated rings. The number of hydrazone groups is 1. The maximum absolute atomic E-state index is 14.6. The zero-order valence-electron chi connectivity index (χ0n) is 18.8. The fourth-order valence-corrected chi connectivity index (χ4v) is 4.15. The third-order valence-corrected chi connectivity index (χ3v) is 5.88. The van der Waals surface area contributed by atoms with Crippen LogP contribution in [0.1, 0.15) is 36.8 Å². The van der Waals surface area contributed by atoms with E-state index in [1.807, 2.05) is 30.3 Å². The topological polar surface area (TPSA) is 57.2 Å². The summed E-state index contributed by atoms with van der Waals surface area (Å²) >= 11 is 0. The van der Waals surface area contributed by atoms with E-state index in [-0.39, 0.29) is 11.5 Å². The molecule has 0 spiro atoms. The summed E-state index contributed by atoms with van der Waals surface area (Å²) < 4.78 is 34.8. The molecular weight excluding hydrogens is 426 g/mol. The Balaban J connectivity index is 1.68. The van der Waals surface area contributed by atoms with Crippen molar-refractivity contribution in [2.75, 3.05) is 20.6 Å². The lowest BCUT2D eigenvalue weighted by molar-refractivity contribution is -0.0571. The quantitative estimate of drug-likeness (QED) is 0.492. The number of halogens is 2. The van der Waals surface area contributed by atoms with Crippen molar-refractivity contribution in [2.24, 2.45) is 5.10 Å². The molecule has 1 aliphatic carbocycles. The molecular formula is C25H28F2N4O2.